The Morgan fingerprint density at radius 3 is 2.48 bits per heavy atom. The van der Waals surface area contributed by atoms with Gasteiger partial charge in [-0.2, -0.15) is 0 Å². The molecule has 1 saturated heterocycles. The Hall–Kier alpha value is -1.56. The molecule has 0 spiro atoms. The monoisotopic (exact) mass is 311 g/mol. The molecule has 2 rings (SSSR count). The third-order valence-electron chi connectivity index (χ3n) is 4.15. The van der Waals surface area contributed by atoms with Gasteiger partial charge in [-0.05, 0) is 44.0 Å². The Kier molecular flexibility index (Phi) is 4.27. The van der Waals surface area contributed by atoms with Gasteiger partial charge in [0, 0.05) is 18.8 Å². The Balaban J connectivity index is 2.21. The van der Waals surface area contributed by atoms with Crippen LogP contribution >= 0.6 is 0 Å². The molecular weight excluding hydrogens is 290 g/mol. The second-order valence-corrected chi connectivity index (χ2v) is 8.07. The van der Waals surface area contributed by atoms with E-state index in [4.69, 9.17) is 0 Å². The van der Waals surface area contributed by atoms with E-state index in [1.54, 1.807) is 38.1 Å². The molecule has 0 saturated carbocycles. The van der Waals surface area contributed by atoms with E-state index in [1.165, 1.54) is 0 Å². The fourth-order valence-corrected chi connectivity index (χ4v) is 3.55. The molecule has 6 heteroatoms. The van der Waals surface area contributed by atoms with E-state index in [2.05, 4.69) is 0 Å². The van der Waals surface area contributed by atoms with E-state index in [1.807, 2.05) is 4.90 Å². The Morgan fingerprint density at radius 1 is 1.33 bits per heavy atom. The van der Waals surface area contributed by atoms with Crippen LogP contribution < -0.4 is 4.90 Å². The zero-order valence-electron chi connectivity index (χ0n) is 12.4. The average Bonchev–Trinajstić information content (AvgIpc) is 2.47. The van der Waals surface area contributed by atoms with Crippen molar-refractivity contribution in [1.82, 2.24) is 0 Å². The van der Waals surface area contributed by atoms with Crippen LogP contribution in [0.4, 0.5) is 5.69 Å². The van der Waals surface area contributed by atoms with Crippen molar-refractivity contribution < 1.29 is 18.3 Å². The van der Waals surface area contributed by atoms with Crippen LogP contribution in [0.5, 0.6) is 0 Å². The average molecular weight is 311 g/mol. The summed E-state index contributed by atoms with van der Waals surface area (Å²) in [5, 5.41) is 9.34. The topological polar surface area (TPSA) is 74.7 Å². The molecule has 0 radical (unpaired) electrons. The largest absolute Gasteiger partial charge is 0.481 e. The lowest BCUT2D eigenvalue weighted by molar-refractivity contribution is -0.148. The summed E-state index contributed by atoms with van der Waals surface area (Å²) in [6, 6.07) is 6.72. The van der Waals surface area contributed by atoms with E-state index < -0.39 is 21.2 Å². The summed E-state index contributed by atoms with van der Waals surface area (Å²) in [6.45, 7) is 4.62. The predicted molar refractivity (Wildman–Crippen MR) is 81.4 cm³/mol. The standard InChI is InChI=1S/C15H21NO4S/c1-3-21(19,20)13-7-5-12(6-8-13)16-10-4-9-15(2,11-16)14(17)18/h5-8H,3-4,9-11H2,1-2H3,(H,17,18). The van der Waals surface area contributed by atoms with Gasteiger partial charge in [0.05, 0.1) is 16.1 Å². The number of sulfone groups is 1. The van der Waals surface area contributed by atoms with Gasteiger partial charge in [0.25, 0.3) is 0 Å². The minimum atomic E-state index is -3.19. The number of piperidine rings is 1. The third-order valence-corrected chi connectivity index (χ3v) is 5.90. The Bertz CT molecular complexity index is 624. The lowest BCUT2D eigenvalue weighted by Gasteiger charge is -2.38. The van der Waals surface area contributed by atoms with E-state index in [9.17, 15) is 18.3 Å². The number of aliphatic carboxylic acids is 1. The van der Waals surface area contributed by atoms with Crippen molar-refractivity contribution in [2.24, 2.45) is 5.41 Å². The van der Waals surface area contributed by atoms with Crippen molar-refractivity contribution in [2.75, 3.05) is 23.7 Å². The van der Waals surface area contributed by atoms with Gasteiger partial charge in [-0.3, -0.25) is 4.79 Å². The molecule has 0 aromatic heterocycles. The maximum atomic E-state index is 11.8. The number of nitrogens with zero attached hydrogens (tertiary/aromatic N) is 1. The summed E-state index contributed by atoms with van der Waals surface area (Å²) in [4.78, 5) is 13.7. The molecule has 1 aromatic carbocycles. The SMILES string of the molecule is CCS(=O)(=O)c1ccc(N2CCCC(C)(C(=O)O)C2)cc1. The Labute approximate surface area is 125 Å². The number of benzene rings is 1. The summed E-state index contributed by atoms with van der Waals surface area (Å²) >= 11 is 0. The first-order valence-electron chi connectivity index (χ1n) is 7.10. The molecule has 1 unspecified atom stereocenters. The zero-order chi connectivity index (χ0) is 15.7. The van der Waals surface area contributed by atoms with Crippen LogP contribution in [0.15, 0.2) is 29.2 Å². The number of hydrogen-bond donors (Lipinski definition) is 1. The van der Waals surface area contributed by atoms with E-state index >= 15 is 0 Å². The maximum absolute atomic E-state index is 11.8. The lowest BCUT2D eigenvalue weighted by atomic mass is 9.82. The number of rotatable bonds is 4. The summed E-state index contributed by atoms with van der Waals surface area (Å²) < 4.78 is 23.6. The summed E-state index contributed by atoms with van der Waals surface area (Å²) in [7, 11) is -3.19. The van der Waals surface area contributed by atoms with Gasteiger partial charge < -0.3 is 10.0 Å². The van der Waals surface area contributed by atoms with Crippen molar-refractivity contribution in [3.05, 3.63) is 24.3 Å². The molecule has 0 aliphatic carbocycles. The highest BCUT2D eigenvalue weighted by atomic mass is 32.2. The molecule has 1 aromatic rings. The van der Waals surface area contributed by atoms with E-state index in [0.717, 1.165) is 18.7 Å². The minimum Gasteiger partial charge on any atom is -0.481 e. The molecule has 1 heterocycles. The van der Waals surface area contributed by atoms with Gasteiger partial charge in [-0.15, -0.1) is 0 Å². The molecule has 1 atom stereocenters. The second-order valence-electron chi connectivity index (χ2n) is 5.79. The highest BCUT2D eigenvalue weighted by Gasteiger charge is 2.37. The first-order chi connectivity index (χ1) is 9.78. The van der Waals surface area contributed by atoms with Crippen LogP contribution in [-0.2, 0) is 14.6 Å². The molecule has 116 valence electrons. The van der Waals surface area contributed by atoms with Gasteiger partial charge in [0.15, 0.2) is 9.84 Å². The van der Waals surface area contributed by atoms with Crippen molar-refractivity contribution in [1.29, 1.82) is 0 Å². The highest BCUT2D eigenvalue weighted by Crippen LogP contribution is 2.32. The molecule has 0 amide bonds. The van der Waals surface area contributed by atoms with Gasteiger partial charge in [0.2, 0.25) is 0 Å². The van der Waals surface area contributed by atoms with Crippen LogP contribution in [0.2, 0.25) is 0 Å². The molecular formula is C15H21NO4S. The van der Waals surface area contributed by atoms with Gasteiger partial charge in [0.1, 0.15) is 0 Å². The maximum Gasteiger partial charge on any atom is 0.311 e. The molecule has 0 bridgehead atoms. The fraction of sp³-hybridized carbons (Fsp3) is 0.533. The minimum absolute atomic E-state index is 0.0765. The summed E-state index contributed by atoms with van der Waals surface area (Å²) in [6.07, 6.45) is 1.49. The molecule has 1 aliphatic heterocycles. The smallest absolute Gasteiger partial charge is 0.311 e. The molecule has 1 aliphatic rings. The number of hydrogen-bond acceptors (Lipinski definition) is 4. The highest BCUT2D eigenvalue weighted by molar-refractivity contribution is 7.91. The predicted octanol–water partition coefficient (Wildman–Crippen LogP) is 2.17. The molecule has 1 fully saturated rings. The second kappa shape index (κ2) is 5.67. The van der Waals surface area contributed by atoms with Crippen molar-refractivity contribution in [3.63, 3.8) is 0 Å². The summed E-state index contributed by atoms with van der Waals surface area (Å²) in [5.41, 5.74) is 0.129. The molecule has 21 heavy (non-hydrogen) atoms. The number of carboxylic acids is 1. The van der Waals surface area contributed by atoms with Crippen LogP contribution in [0.1, 0.15) is 26.7 Å². The zero-order valence-corrected chi connectivity index (χ0v) is 13.2. The van der Waals surface area contributed by atoms with E-state index in [-0.39, 0.29) is 5.75 Å². The normalized spacial score (nSPS) is 23.0. The van der Waals surface area contributed by atoms with Crippen molar-refractivity contribution in [2.45, 2.75) is 31.6 Å². The van der Waals surface area contributed by atoms with Crippen molar-refractivity contribution in [3.8, 4) is 0 Å². The summed E-state index contributed by atoms with van der Waals surface area (Å²) in [5.74, 6) is -0.704. The molecule has 1 N–H and O–H groups in total. The van der Waals surface area contributed by atoms with Crippen LogP contribution in [0.25, 0.3) is 0 Å². The van der Waals surface area contributed by atoms with Gasteiger partial charge >= 0.3 is 5.97 Å². The van der Waals surface area contributed by atoms with Gasteiger partial charge in [-0.1, -0.05) is 6.92 Å². The lowest BCUT2D eigenvalue weighted by Crippen LogP contribution is -2.46. The van der Waals surface area contributed by atoms with Crippen LogP contribution in [0, 0.1) is 5.41 Å². The van der Waals surface area contributed by atoms with Crippen LogP contribution in [-0.4, -0.2) is 38.3 Å². The number of anilines is 1. The quantitative estimate of drug-likeness (QED) is 0.922. The number of carboxylic acid groups (broad SMARTS) is 1. The van der Waals surface area contributed by atoms with Crippen molar-refractivity contribution >= 4 is 21.5 Å². The third kappa shape index (κ3) is 3.20. The first-order valence-corrected chi connectivity index (χ1v) is 8.75. The Morgan fingerprint density at radius 2 is 1.95 bits per heavy atom. The van der Waals surface area contributed by atoms with Crippen LogP contribution in [0.3, 0.4) is 0 Å². The first kappa shape index (κ1) is 15.8. The molecule has 5 nitrogen and oxygen atoms in total. The number of carbonyl (C=O) groups is 1. The van der Waals surface area contributed by atoms with E-state index in [0.29, 0.717) is 17.9 Å². The fourth-order valence-electron chi connectivity index (χ4n) is 2.67. The van der Waals surface area contributed by atoms with Gasteiger partial charge in [-0.25, -0.2) is 8.42 Å².